The fourth-order valence-corrected chi connectivity index (χ4v) is 13.8. The van der Waals surface area contributed by atoms with Crippen molar-refractivity contribution in [3.05, 3.63) is 194 Å². The molecule has 0 saturated carbocycles. The molecular formula is C56H32N2S3. The highest BCUT2D eigenvalue weighted by Gasteiger charge is 2.23. The van der Waals surface area contributed by atoms with Gasteiger partial charge in [-0.25, -0.2) is 0 Å². The molecule has 14 aromatic rings. The molecule has 9 aromatic carbocycles. The first-order chi connectivity index (χ1) is 30.3. The van der Waals surface area contributed by atoms with Crippen molar-refractivity contribution >= 4 is 127 Å². The van der Waals surface area contributed by atoms with Gasteiger partial charge in [0.25, 0.3) is 0 Å². The Labute approximate surface area is 362 Å². The van der Waals surface area contributed by atoms with Gasteiger partial charge in [-0.05, 0) is 89.0 Å². The van der Waals surface area contributed by atoms with Gasteiger partial charge in [-0.3, -0.25) is 0 Å². The van der Waals surface area contributed by atoms with Crippen LogP contribution in [-0.4, -0.2) is 9.13 Å². The molecule has 0 spiro atoms. The van der Waals surface area contributed by atoms with Gasteiger partial charge in [0, 0.05) is 73.0 Å². The van der Waals surface area contributed by atoms with E-state index in [1.165, 1.54) is 127 Å². The van der Waals surface area contributed by atoms with Gasteiger partial charge in [0.15, 0.2) is 0 Å². The fraction of sp³-hybridized carbons (Fsp3) is 0. The molecule has 0 saturated heterocycles. The average Bonchev–Trinajstić information content (AvgIpc) is 4.13. The molecule has 0 N–H and O–H groups in total. The number of hydrogen-bond donors (Lipinski definition) is 0. The molecule has 5 heteroatoms. The van der Waals surface area contributed by atoms with Gasteiger partial charge in [0.2, 0.25) is 0 Å². The molecule has 0 unspecified atom stereocenters. The second-order valence-electron chi connectivity index (χ2n) is 16.0. The zero-order chi connectivity index (χ0) is 39.8. The Bertz CT molecular complexity index is 4100. The third kappa shape index (κ3) is 4.77. The largest absolute Gasteiger partial charge is 0.308 e. The summed E-state index contributed by atoms with van der Waals surface area (Å²) < 4.78 is 11.6. The Balaban J connectivity index is 1.05. The summed E-state index contributed by atoms with van der Waals surface area (Å²) in [6, 6.07) is 72.1. The van der Waals surface area contributed by atoms with Crippen LogP contribution in [0.1, 0.15) is 0 Å². The fourth-order valence-electron chi connectivity index (χ4n) is 10.1. The smallest absolute Gasteiger partial charge is 0.109 e. The number of benzene rings is 9. The van der Waals surface area contributed by atoms with Gasteiger partial charge >= 0.3 is 0 Å². The minimum absolute atomic E-state index is 1.19. The van der Waals surface area contributed by atoms with Gasteiger partial charge in [-0.15, -0.1) is 34.0 Å². The SMILES string of the molecule is c1ccc(-c2cccc3c2sc2c(-n4c5ccc(-c6ccc7c(c6)c6c8ccccc8sc6n7-c6ccccc6)cc5c5c6c(ccc54)sc4ccccc46)cccc23)cc1. The molecule has 0 fully saturated rings. The highest BCUT2D eigenvalue weighted by Crippen LogP contribution is 2.48. The number of hydrogen-bond acceptors (Lipinski definition) is 3. The molecule has 5 aromatic heterocycles. The predicted octanol–water partition coefficient (Wildman–Crippen LogP) is 17.2. The Kier molecular flexibility index (Phi) is 7.06. The Morgan fingerprint density at radius 1 is 0.311 bits per heavy atom. The van der Waals surface area contributed by atoms with Gasteiger partial charge in [-0.1, -0.05) is 127 Å². The standard InChI is InChI=1S/C56H32N2S3/c1-3-13-33(14-4-1)37-19-11-20-38-39-21-12-22-47(55(39)61-54(37)38)58-45-28-26-35(32-43(45)52-46(58)29-30-50-53(52)41-18-8-9-23-48(41)59-50)34-25-27-44-42(31-34)51-40-17-7-10-24-49(40)60-56(51)57(44)36-15-5-2-6-16-36/h1-32H. The van der Waals surface area contributed by atoms with Crippen LogP contribution in [-0.2, 0) is 0 Å². The molecule has 61 heavy (non-hydrogen) atoms. The van der Waals surface area contributed by atoms with Crippen LogP contribution < -0.4 is 0 Å². The molecule has 0 radical (unpaired) electrons. The van der Waals surface area contributed by atoms with Crippen molar-refractivity contribution in [3.63, 3.8) is 0 Å². The second kappa shape index (κ2) is 12.7. The molecular weight excluding hydrogens is 797 g/mol. The third-order valence-corrected chi connectivity index (χ3v) is 16.3. The molecule has 2 nitrogen and oxygen atoms in total. The maximum atomic E-state index is 2.55. The van der Waals surface area contributed by atoms with E-state index in [1.54, 1.807) is 0 Å². The van der Waals surface area contributed by atoms with Crippen molar-refractivity contribution in [1.82, 2.24) is 9.13 Å². The number of rotatable bonds is 4. The molecule has 0 aliphatic rings. The van der Waals surface area contributed by atoms with E-state index in [1.807, 2.05) is 34.0 Å². The van der Waals surface area contributed by atoms with Crippen LogP contribution in [0.25, 0.3) is 127 Å². The molecule has 5 heterocycles. The molecule has 0 bridgehead atoms. The van der Waals surface area contributed by atoms with Crippen LogP contribution >= 0.6 is 34.0 Å². The number of thiophene rings is 3. The van der Waals surface area contributed by atoms with Crippen molar-refractivity contribution in [1.29, 1.82) is 0 Å². The monoisotopic (exact) mass is 828 g/mol. The van der Waals surface area contributed by atoms with Crippen LogP contribution in [0.15, 0.2) is 194 Å². The van der Waals surface area contributed by atoms with E-state index in [4.69, 9.17) is 0 Å². The lowest BCUT2D eigenvalue weighted by atomic mass is 9.99. The second-order valence-corrected chi connectivity index (χ2v) is 19.1. The zero-order valence-electron chi connectivity index (χ0n) is 32.6. The quantitative estimate of drug-likeness (QED) is 0.167. The van der Waals surface area contributed by atoms with E-state index in [0.29, 0.717) is 0 Å². The Morgan fingerprint density at radius 3 is 1.67 bits per heavy atom. The van der Waals surface area contributed by atoms with Gasteiger partial charge in [-0.2, -0.15) is 0 Å². The number of para-hydroxylation sites is 1. The van der Waals surface area contributed by atoms with Crippen LogP contribution in [0.2, 0.25) is 0 Å². The van der Waals surface area contributed by atoms with Crippen molar-refractivity contribution in [3.8, 4) is 33.6 Å². The first kappa shape index (κ1) is 33.8. The molecule has 0 aliphatic heterocycles. The lowest BCUT2D eigenvalue weighted by molar-refractivity contribution is 1.19. The number of aromatic nitrogens is 2. The number of nitrogens with zero attached hydrogens (tertiary/aromatic N) is 2. The first-order valence-electron chi connectivity index (χ1n) is 20.7. The highest BCUT2D eigenvalue weighted by molar-refractivity contribution is 7.27. The number of fused-ring (bicyclic) bond motifs is 15. The molecule has 0 atom stereocenters. The maximum absolute atomic E-state index is 2.55. The first-order valence-corrected chi connectivity index (χ1v) is 23.1. The topological polar surface area (TPSA) is 9.86 Å². The Hall–Kier alpha value is -7.02. The van der Waals surface area contributed by atoms with Crippen molar-refractivity contribution in [2.24, 2.45) is 0 Å². The molecule has 0 amide bonds. The van der Waals surface area contributed by atoms with Crippen molar-refractivity contribution in [2.75, 3.05) is 0 Å². The van der Waals surface area contributed by atoms with Gasteiger partial charge in [0.05, 0.1) is 26.9 Å². The van der Waals surface area contributed by atoms with Crippen LogP contribution in [0.4, 0.5) is 0 Å². The molecule has 284 valence electrons. The minimum Gasteiger partial charge on any atom is -0.308 e. The summed E-state index contributed by atoms with van der Waals surface area (Å²) in [5, 5.41) is 11.8. The van der Waals surface area contributed by atoms with E-state index in [0.717, 1.165) is 0 Å². The lowest BCUT2D eigenvalue weighted by Crippen LogP contribution is -1.94. The van der Waals surface area contributed by atoms with E-state index in [-0.39, 0.29) is 0 Å². The zero-order valence-corrected chi connectivity index (χ0v) is 35.0. The summed E-state index contributed by atoms with van der Waals surface area (Å²) in [6.45, 7) is 0. The van der Waals surface area contributed by atoms with Crippen LogP contribution in [0.3, 0.4) is 0 Å². The summed E-state index contributed by atoms with van der Waals surface area (Å²) in [7, 11) is 0. The summed E-state index contributed by atoms with van der Waals surface area (Å²) in [4.78, 5) is 1.29. The van der Waals surface area contributed by atoms with E-state index >= 15 is 0 Å². The van der Waals surface area contributed by atoms with Gasteiger partial charge in [0.1, 0.15) is 4.83 Å². The highest BCUT2D eigenvalue weighted by atomic mass is 32.1. The average molecular weight is 829 g/mol. The summed E-state index contributed by atoms with van der Waals surface area (Å²) in [5.41, 5.74) is 11.1. The maximum Gasteiger partial charge on any atom is 0.109 e. The minimum atomic E-state index is 1.19. The van der Waals surface area contributed by atoms with E-state index < -0.39 is 0 Å². The lowest BCUT2D eigenvalue weighted by Gasteiger charge is -2.10. The van der Waals surface area contributed by atoms with E-state index in [9.17, 15) is 0 Å². The predicted molar refractivity (Wildman–Crippen MR) is 267 cm³/mol. The van der Waals surface area contributed by atoms with Crippen LogP contribution in [0.5, 0.6) is 0 Å². The summed E-state index contributed by atoms with van der Waals surface area (Å²) >= 11 is 5.69. The summed E-state index contributed by atoms with van der Waals surface area (Å²) in [6.07, 6.45) is 0. The van der Waals surface area contributed by atoms with Crippen LogP contribution in [0, 0.1) is 0 Å². The van der Waals surface area contributed by atoms with Crippen molar-refractivity contribution in [2.45, 2.75) is 0 Å². The summed E-state index contributed by atoms with van der Waals surface area (Å²) in [5.74, 6) is 0. The molecule has 14 rings (SSSR count). The molecule has 0 aliphatic carbocycles. The van der Waals surface area contributed by atoms with Crippen molar-refractivity contribution < 1.29 is 0 Å². The van der Waals surface area contributed by atoms with Gasteiger partial charge < -0.3 is 9.13 Å². The van der Waals surface area contributed by atoms with E-state index in [2.05, 4.69) is 203 Å². The third-order valence-electron chi connectivity index (χ3n) is 12.7. The normalized spacial score (nSPS) is 12.3. The Morgan fingerprint density at radius 2 is 0.902 bits per heavy atom.